The Hall–Kier alpha value is -1.90. The monoisotopic (exact) mass is 219 g/mol. The van der Waals surface area contributed by atoms with Crippen LogP contribution in [0.3, 0.4) is 0 Å². The van der Waals surface area contributed by atoms with Gasteiger partial charge in [-0.15, -0.1) is 0 Å². The first-order chi connectivity index (χ1) is 7.70. The van der Waals surface area contributed by atoms with Gasteiger partial charge in [-0.25, -0.2) is 0 Å². The molecule has 0 aromatic heterocycles. The molecule has 86 valence electrons. The van der Waals surface area contributed by atoms with E-state index in [4.69, 9.17) is 10.1 Å². The second kappa shape index (κ2) is 8.41. The summed E-state index contributed by atoms with van der Waals surface area (Å²) in [6.45, 7) is 4.00. The number of nitrogens with zero attached hydrogens (tertiary/aromatic N) is 1. The van der Waals surface area contributed by atoms with Gasteiger partial charge in [0.15, 0.2) is 7.05 Å². The fourth-order valence-corrected chi connectivity index (χ4v) is 1.13. The van der Waals surface area contributed by atoms with Gasteiger partial charge < -0.3 is 0 Å². The molecule has 0 heterocycles. The van der Waals surface area contributed by atoms with Crippen molar-refractivity contribution in [2.75, 3.05) is 7.05 Å². The van der Waals surface area contributed by atoms with E-state index in [0.717, 1.165) is 7.05 Å². The van der Waals surface area contributed by atoms with Crippen LogP contribution in [0.4, 0.5) is 0 Å². The van der Waals surface area contributed by atoms with Crippen LogP contribution >= 0.6 is 0 Å². The lowest BCUT2D eigenvalue weighted by Gasteiger charge is -1.92. The van der Waals surface area contributed by atoms with Crippen LogP contribution in [0.1, 0.15) is 13.8 Å². The zero-order valence-corrected chi connectivity index (χ0v) is 9.88. The minimum Gasteiger partial charge on any atom is -0.265 e. The number of rotatable bonds is 0. The van der Waals surface area contributed by atoms with Crippen LogP contribution in [0, 0.1) is 10.1 Å². The average molecular weight is 219 g/mol. The summed E-state index contributed by atoms with van der Waals surface area (Å²) >= 11 is 0. The summed E-state index contributed by atoms with van der Waals surface area (Å²) in [5.41, 5.74) is 0. The summed E-state index contributed by atoms with van der Waals surface area (Å²) < 4.78 is 0. The molecule has 0 atom stereocenters. The third kappa shape index (κ3) is 5.75. The van der Waals surface area contributed by atoms with Gasteiger partial charge in [-0.1, -0.05) is 62.4 Å². The number of fused-ring (bicyclic) bond motifs is 1. The Morgan fingerprint density at radius 1 is 0.875 bits per heavy atom. The largest absolute Gasteiger partial charge is 0.265 e. The standard InChI is InChI=1S/C10H8.C2H6.CH3NO2/c1-2-6-10-8-4-3-7-9(10)5-1;1-2;1-2(3)4/h1-8H;1-2H3;1H3. The normalized spacial score (nSPS) is 8.19. The Kier molecular flexibility index (Phi) is 7.41. The molecule has 0 radical (unpaired) electrons. The molecule has 0 bridgehead atoms. The average Bonchev–Trinajstić information content (AvgIpc) is 2.31. The molecule has 2 rings (SSSR count). The van der Waals surface area contributed by atoms with Crippen molar-refractivity contribution in [3.8, 4) is 0 Å². The Morgan fingerprint density at radius 2 is 1.06 bits per heavy atom. The highest BCUT2D eigenvalue weighted by Crippen LogP contribution is 2.11. The summed E-state index contributed by atoms with van der Waals surface area (Å²) in [6.07, 6.45) is 0. The van der Waals surface area contributed by atoms with Gasteiger partial charge in [0, 0.05) is 4.92 Å². The van der Waals surface area contributed by atoms with Crippen molar-refractivity contribution >= 4 is 10.8 Å². The van der Waals surface area contributed by atoms with E-state index in [9.17, 15) is 0 Å². The van der Waals surface area contributed by atoms with Crippen LogP contribution in [0.2, 0.25) is 0 Å². The van der Waals surface area contributed by atoms with Gasteiger partial charge >= 0.3 is 0 Å². The van der Waals surface area contributed by atoms with Crippen molar-refractivity contribution in [2.24, 2.45) is 0 Å². The summed E-state index contributed by atoms with van der Waals surface area (Å²) in [4.78, 5) is 8.31. The molecule has 0 saturated carbocycles. The molecule has 0 aliphatic heterocycles. The van der Waals surface area contributed by atoms with E-state index in [2.05, 4.69) is 48.5 Å². The fourth-order valence-electron chi connectivity index (χ4n) is 1.13. The number of hydrogen-bond acceptors (Lipinski definition) is 2. The zero-order valence-electron chi connectivity index (χ0n) is 9.88. The van der Waals surface area contributed by atoms with Crippen molar-refractivity contribution in [2.45, 2.75) is 13.8 Å². The topological polar surface area (TPSA) is 43.1 Å². The predicted molar refractivity (Wildman–Crippen MR) is 68.2 cm³/mol. The molecule has 0 aliphatic carbocycles. The van der Waals surface area contributed by atoms with E-state index >= 15 is 0 Å². The predicted octanol–water partition coefficient (Wildman–Crippen LogP) is 3.76. The minimum absolute atomic E-state index is 0.500. The van der Waals surface area contributed by atoms with Crippen molar-refractivity contribution in [3.05, 3.63) is 58.6 Å². The SMILES string of the molecule is CC.C[N+](=O)[O-].c1ccc2ccccc2c1. The highest BCUT2D eigenvalue weighted by atomic mass is 16.6. The van der Waals surface area contributed by atoms with Crippen LogP contribution in [0.5, 0.6) is 0 Å². The molecule has 3 heteroatoms. The second-order valence-electron chi connectivity index (χ2n) is 2.79. The van der Waals surface area contributed by atoms with Gasteiger partial charge in [-0.2, -0.15) is 0 Å². The smallest absolute Gasteiger partial charge is 0.194 e. The Balaban J connectivity index is 0.000000323. The maximum absolute atomic E-state index is 8.81. The van der Waals surface area contributed by atoms with Crippen molar-refractivity contribution < 1.29 is 4.92 Å². The Labute approximate surface area is 95.9 Å². The van der Waals surface area contributed by atoms with E-state index in [0.29, 0.717) is 0 Å². The summed E-state index contributed by atoms with van der Waals surface area (Å²) in [6, 6.07) is 16.7. The van der Waals surface area contributed by atoms with Gasteiger partial charge in [0.2, 0.25) is 0 Å². The molecule has 0 N–H and O–H groups in total. The molecule has 0 spiro atoms. The van der Waals surface area contributed by atoms with Gasteiger partial charge in [-0.3, -0.25) is 10.1 Å². The molecule has 16 heavy (non-hydrogen) atoms. The highest BCUT2D eigenvalue weighted by Gasteiger charge is 1.85. The third-order valence-electron chi connectivity index (χ3n) is 1.66. The molecular formula is C13H17NO2. The molecular weight excluding hydrogens is 202 g/mol. The molecule has 2 aromatic rings. The summed E-state index contributed by atoms with van der Waals surface area (Å²) in [7, 11) is 0.889. The van der Waals surface area contributed by atoms with Crippen molar-refractivity contribution in [1.82, 2.24) is 0 Å². The number of benzene rings is 2. The van der Waals surface area contributed by atoms with E-state index in [-0.39, 0.29) is 0 Å². The van der Waals surface area contributed by atoms with Crippen LogP contribution in [0.15, 0.2) is 48.5 Å². The molecule has 2 aromatic carbocycles. The van der Waals surface area contributed by atoms with E-state index in [1.54, 1.807) is 0 Å². The molecule has 0 amide bonds. The Bertz CT molecular complexity index is 357. The Morgan fingerprint density at radius 3 is 1.25 bits per heavy atom. The molecule has 3 nitrogen and oxygen atoms in total. The van der Waals surface area contributed by atoms with Crippen molar-refractivity contribution in [1.29, 1.82) is 0 Å². The molecule has 0 aliphatic rings. The van der Waals surface area contributed by atoms with Crippen LogP contribution < -0.4 is 0 Å². The van der Waals surface area contributed by atoms with Gasteiger partial charge in [-0.05, 0) is 10.8 Å². The van der Waals surface area contributed by atoms with Gasteiger partial charge in [0.1, 0.15) is 0 Å². The summed E-state index contributed by atoms with van der Waals surface area (Å²) in [5.74, 6) is 0. The highest BCUT2D eigenvalue weighted by molar-refractivity contribution is 5.81. The van der Waals surface area contributed by atoms with Crippen molar-refractivity contribution in [3.63, 3.8) is 0 Å². The van der Waals surface area contributed by atoms with E-state index in [1.807, 2.05) is 13.8 Å². The fraction of sp³-hybridized carbons (Fsp3) is 0.231. The number of hydrogen-bond donors (Lipinski definition) is 0. The molecule has 0 unspecified atom stereocenters. The van der Waals surface area contributed by atoms with Crippen LogP contribution in [-0.4, -0.2) is 12.0 Å². The molecule has 0 saturated heterocycles. The first kappa shape index (κ1) is 14.1. The third-order valence-corrected chi connectivity index (χ3v) is 1.66. The maximum Gasteiger partial charge on any atom is 0.194 e. The number of nitro groups is 1. The maximum atomic E-state index is 8.81. The second-order valence-corrected chi connectivity index (χ2v) is 2.79. The van der Waals surface area contributed by atoms with Crippen LogP contribution in [0.25, 0.3) is 10.8 Å². The lowest BCUT2D eigenvalue weighted by molar-refractivity contribution is -0.445. The first-order valence-electron chi connectivity index (χ1n) is 5.22. The van der Waals surface area contributed by atoms with E-state index in [1.165, 1.54) is 10.8 Å². The minimum atomic E-state index is -0.500. The molecule has 0 fully saturated rings. The lowest BCUT2D eigenvalue weighted by Crippen LogP contribution is -1.79. The summed E-state index contributed by atoms with van der Waals surface area (Å²) in [5, 5.41) is 11.4. The quantitative estimate of drug-likeness (QED) is 0.500. The van der Waals surface area contributed by atoms with Crippen LogP contribution in [-0.2, 0) is 0 Å². The first-order valence-corrected chi connectivity index (χ1v) is 5.22. The van der Waals surface area contributed by atoms with E-state index < -0.39 is 4.92 Å². The van der Waals surface area contributed by atoms with Gasteiger partial charge in [0.25, 0.3) is 0 Å². The lowest BCUT2D eigenvalue weighted by atomic mass is 10.1. The zero-order chi connectivity index (χ0) is 12.4. The van der Waals surface area contributed by atoms with Gasteiger partial charge in [0.05, 0.1) is 0 Å².